The van der Waals surface area contributed by atoms with Crippen LogP contribution < -0.4 is 10.6 Å². The second-order valence-electron chi connectivity index (χ2n) is 7.07. The zero-order valence-electron chi connectivity index (χ0n) is 14.4. The Morgan fingerprint density at radius 2 is 1.92 bits per heavy atom. The Bertz CT molecular complexity index is 903. The van der Waals surface area contributed by atoms with Crippen molar-refractivity contribution in [2.24, 2.45) is 0 Å². The first-order valence-electron chi connectivity index (χ1n) is 8.86. The van der Waals surface area contributed by atoms with Crippen molar-refractivity contribution >= 4 is 23.6 Å². The van der Waals surface area contributed by atoms with Crippen molar-refractivity contribution in [1.82, 2.24) is 5.32 Å². The lowest BCUT2D eigenvalue weighted by Crippen LogP contribution is -2.48. The molecule has 2 aliphatic rings. The van der Waals surface area contributed by atoms with Gasteiger partial charge in [0.05, 0.1) is 27.6 Å². The van der Waals surface area contributed by atoms with Crippen molar-refractivity contribution in [3.05, 3.63) is 64.7 Å². The molecule has 0 unspecified atom stereocenters. The average molecular weight is 371 g/mol. The number of hydrogen-bond acceptors (Lipinski definition) is 3. The van der Waals surface area contributed by atoms with E-state index in [1.807, 2.05) is 12.1 Å². The average Bonchev–Trinajstić information content (AvgIpc) is 2.63. The van der Waals surface area contributed by atoms with Crippen LogP contribution in [-0.2, 0) is 5.54 Å². The predicted molar refractivity (Wildman–Crippen MR) is 103 cm³/mol. The van der Waals surface area contributed by atoms with Crippen molar-refractivity contribution in [1.29, 1.82) is 0 Å². The van der Waals surface area contributed by atoms with E-state index in [0.717, 1.165) is 53.9 Å². The number of halogens is 2. The van der Waals surface area contributed by atoms with Crippen molar-refractivity contribution in [3.8, 4) is 11.1 Å². The lowest BCUT2D eigenvalue weighted by Gasteiger charge is -2.46. The van der Waals surface area contributed by atoms with Crippen LogP contribution in [0, 0.1) is 5.82 Å². The number of benzene rings is 2. The van der Waals surface area contributed by atoms with Crippen LogP contribution in [0.2, 0.25) is 5.02 Å². The molecular formula is C21H20ClFN2O. The Morgan fingerprint density at radius 3 is 2.62 bits per heavy atom. The van der Waals surface area contributed by atoms with E-state index >= 15 is 0 Å². The Hall–Kier alpha value is -2.33. The van der Waals surface area contributed by atoms with Crippen molar-refractivity contribution in [2.45, 2.75) is 37.6 Å². The third kappa shape index (κ3) is 2.69. The Labute approximate surface area is 157 Å². The van der Waals surface area contributed by atoms with Crippen molar-refractivity contribution in [3.63, 3.8) is 0 Å². The van der Waals surface area contributed by atoms with Gasteiger partial charge in [-0.15, -0.1) is 0 Å². The minimum atomic E-state index is -0.514. The summed E-state index contributed by atoms with van der Waals surface area (Å²) in [5.41, 5.74) is 3.38. The van der Waals surface area contributed by atoms with Gasteiger partial charge in [-0.3, -0.25) is 4.79 Å². The standard InChI is InChI=1S/C21H20ClFN2O/c1-13-24-20-17(22)8-7-16(14-5-6-15(12-26)18(23)11-14)19(20)21(25-13)9-3-2-4-10-21/h5-8,11-12,24-25H,1-4,9-10H2. The van der Waals surface area contributed by atoms with Crippen LogP contribution in [0.5, 0.6) is 0 Å². The van der Waals surface area contributed by atoms with Gasteiger partial charge in [0.25, 0.3) is 0 Å². The molecule has 0 radical (unpaired) electrons. The molecule has 2 aromatic rings. The molecule has 2 aromatic carbocycles. The minimum absolute atomic E-state index is 0.0635. The normalized spacial score (nSPS) is 18.0. The van der Waals surface area contributed by atoms with Crippen LogP contribution in [0.25, 0.3) is 11.1 Å². The number of carbonyl (C=O) groups excluding carboxylic acids is 1. The number of aldehydes is 1. The third-order valence-corrected chi connectivity index (χ3v) is 5.76. The summed E-state index contributed by atoms with van der Waals surface area (Å²) >= 11 is 6.50. The van der Waals surface area contributed by atoms with Gasteiger partial charge in [-0.1, -0.05) is 49.6 Å². The monoisotopic (exact) mass is 370 g/mol. The summed E-state index contributed by atoms with van der Waals surface area (Å²) in [6.07, 6.45) is 5.92. The summed E-state index contributed by atoms with van der Waals surface area (Å²) in [7, 11) is 0. The molecule has 134 valence electrons. The number of anilines is 1. The maximum Gasteiger partial charge on any atom is 0.152 e. The topological polar surface area (TPSA) is 41.1 Å². The second kappa shape index (κ2) is 6.44. The van der Waals surface area contributed by atoms with E-state index in [4.69, 9.17) is 11.6 Å². The zero-order valence-corrected chi connectivity index (χ0v) is 15.1. The molecular weight excluding hydrogens is 351 g/mol. The summed E-state index contributed by atoms with van der Waals surface area (Å²) in [4.78, 5) is 10.9. The van der Waals surface area contributed by atoms with Gasteiger partial charge in [0.15, 0.2) is 6.29 Å². The van der Waals surface area contributed by atoms with E-state index < -0.39 is 5.82 Å². The van der Waals surface area contributed by atoms with Gasteiger partial charge in [0.2, 0.25) is 0 Å². The molecule has 1 heterocycles. The fourth-order valence-electron chi connectivity index (χ4n) is 4.29. The van der Waals surface area contributed by atoms with Crippen molar-refractivity contribution < 1.29 is 9.18 Å². The Kier molecular flexibility index (Phi) is 4.23. The quantitative estimate of drug-likeness (QED) is 0.675. The third-order valence-electron chi connectivity index (χ3n) is 5.44. The maximum atomic E-state index is 14.2. The molecule has 0 bridgehead atoms. The first-order chi connectivity index (χ1) is 12.5. The highest BCUT2D eigenvalue weighted by atomic mass is 35.5. The molecule has 26 heavy (non-hydrogen) atoms. The Morgan fingerprint density at radius 1 is 1.15 bits per heavy atom. The fraction of sp³-hybridized carbons (Fsp3) is 0.286. The van der Waals surface area contributed by atoms with Crippen LogP contribution in [-0.4, -0.2) is 6.29 Å². The molecule has 5 heteroatoms. The van der Waals surface area contributed by atoms with E-state index in [1.54, 1.807) is 6.07 Å². The van der Waals surface area contributed by atoms with Gasteiger partial charge in [-0.2, -0.15) is 0 Å². The zero-order chi connectivity index (χ0) is 18.3. The highest BCUT2D eigenvalue weighted by Gasteiger charge is 2.41. The van der Waals surface area contributed by atoms with Gasteiger partial charge in [-0.05, 0) is 42.2 Å². The summed E-state index contributed by atoms with van der Waals surface area (Å²) in [5.74, 6) is 0.223. The molecule has 1 fully saturated rings. The lowest BCUT2D eigenvalue weighted by molar-refractivity contribution is 0.112. The summed E-state index contributed by atoms with van der Waals surface area (Å²) < 4.78 is 14.2. The smallest absolute Gasteiger partial charge is 0.152 e. The first-order valence-corrected chi connectivity index (χ1v) is 9.24. The number of nitrogens with one attached hydrogen (secondary N) is 2. The van der Waals surface area contributed by atoms with Crippen LogP contribution in [0.1, 0.15) is 48.0 Å². The molecule has 0 atom stereocenters. The molecule has 1 aliphatic heterocycles. The minimum Gasteiger partial charge on any atom is -0.362 e. The summed E-state index contributed by atoms with van der Waals surface area (Å²) in [6.45, 7) is 4.06. The second-order valence-corrected chi connectivity index (χ2v) is 7.48. The molecule has 2 N–H and O–H groups in total. The molecule has 1 aliphatic carbocycles. The largest absolute Gasteiger partial charge is 0.362 e. The first kappa shape index (κ1) is 17.1. The van der Waals surface area contributed by atoms with E-state index in [2.05, 4.69) is 17.2 Å². The van der Waals surface area contributed by atoms with E-state index in [-0.39, 0.29) is 11.1 Å². The molecule has 1 spiro atoms. The number of hydrogen-bond donors (Lipinski definition) is 2. The van der Waals surface area contributed by atoms with E-state index in [9.17, 15) is 9.18 Å². The molecule has 4 rings (SSSR count). The number of rotatable bonds is 2. The summed E-state index contributed by atoms with van der Waals surface area (Å²) in [5, 5.41) is 7.43. The van der Waals surface area contributed by atoms with Crippen molar-refractivity contribution in [2.75, 3.05) is 5.32 Å². The van der Waals surface area contributed by atoms with Gasteiger partial charge >= 0.3 is 0 Å². The predicted octanol–water partition coefficient (Wildman–Crippen LogP) is 5.60. The summed E-state index contributed by atoms with van der Waals surface area (Å²) in [6, 6.07) is 8.49. The van der Waals surface area contributed by atoms with Crippen LogP contribution in [0.3, 0.4) is 0 Å². The molecule has 3 nitrogen and oxygen atoms in total. The van der Waals surface area contributed by atoms with E-state index in [1.165, 1.54) is 18.6 Å². The molecule has 0 aromatic heterocycles. The van der Waals surface area contributed by atoms with Crippen LogP contribution in [0.4, 0.5) is 10.1 Å². The van der Waals surface area contributed by atoms with Gasteiger partial charge < -0.3 is 10.6 Å². The van der Waals surface area contributed by atoms with Crippen LogP contribution >= 0.6 is 11.6 Å². The number of carbonyl (C=O) groups is 1. The maximum absolute atomic E-state index is 14.2. The fourth-order valence-corrected chi connectivity index (χ4v) is 4.50. The van der Waals surface area contributed by atoms with Gasteiger partial charge in [0, 0.05) is 5.56 Å². The SMILES string of the molecule is C=C1Nc2c(Cl)ccc(-c3ccc(C=O)c(F)c3)c2C2(CCCCC2)N1. The molecule has 0 amide bonds. The van der Waals surface area contributed by atoms with Gasteiger partial charge in [-0.25, -0.2) is 4.39 Å². The van der Waals surface area contributed by atoms with E-state index in [0.29, 0.717) is 11.3 Å². The highest BCUT2D eigenvalue weighted by Crippen LogP contribution is 2.50. The molecule has 0 saturated heterocycles. The Balaban J connectivity index is 1.95. The molecule has 1 saturated carbocycles. The van der Waals surface area contributed by atoms with Gasteiger partial charge in [0.1, 0.15) is 5.82 Å². The number of fused-ring (bicyclic) bond motifs is 2. The lowest BCUT2D eigenvalue weighted by atomic mass is 9.72. The highest BCUT2D eigenvalue weighted by molar-refractivity contribution is 6.33. The van der Waals surface area contributed by atoms with Crippen LogP contribution in [0.15, 0.2) is 42.7 Å².